The smallest absolute Gasteiger partial charge is 0.283 e. The van der Waals surface area contributed by atoms with Crippen LogP contribution < -0.4 is 5.43 Å². The van der Waals surface area contributed by atoms with E-state index in [2.05, 4.69) is 15.5 Å². The van der Waals surface area contributed by atoms with E-state index in [1.165, 1.54) is 17.6 Å². The summed E-state index contributed by atoms with van der Waals surface area (Å²) in [4.78, 5) is 17.2. The van der Waals surface area contributed by atoms with Crippen LogP contribution in [0.2, 0.25) is 5.02 Å². The van der Waals surface area contributed by atoms with Crippen molar-refractivity contribution >= 4 is 35.1 Å². The molecule has 0 aliphatic heterocycles. The fraction of sp³-hybridized carbons (Fsp3) is 0.0556. The van der Waals surface area contributed by atoms with Crippen molar-refractivity contribution in [2.24, 2.45) is 5.10 Å². The van der Waals surface area contributed by atoms with Crippen LogP contribution in [0.3, 0.4) is 0 Å². The lowest BCUT2D eigenvalue weighted by atomic mass is 10.2. The van der Waals surface area contributed by atoms with E-state index < -0.39 is 0 Å². The number of nitrogens with one attached hydrogen (secondary N) is 1. The van der Waals surface area contributed by atoms with Gasteiger partial charge in [0.1, 0.15) is 15.6 Å². The van der Waals surface area contributed by atoms with Crippen LogP contribution in [0.1, 0.15) is 20.9 Å². The van der Waals surface area contributed by atoms with Gasteiger partial charge in [-0.1, -0.05) is 23.7 Å². The quantitative estimate of drug-likeness (QED) is 0.532. The molecule has 3 rings (SSSR count). The van der Waals surface area contributed by atoms with Gasteiger partial charge in [-0.2, -0.15) is 5.10 Å². The Morgan fingerprint density at radius 3 is 2.56 bits per heavy atom. The Kier molecular flexibility index (Phi) is 5.11. The van der Waals surface area contributed by atoms with E-state index in [-0.39, 0.29) is 11.7 Å². The Bertz CT molecular complexity index is 918. The number of benzene rings is 2. The van der Waals surface area contributed by atoms with E-state index in [4.69, 9.17) is 11.6 Å². The van der Waals surface area contributed by atoms with Gasteiger partial charge in [-0.05, 0) is 48.9 Å². The van der Waals surface area contributed by atoms with Gasteiger partial charge in [-0.25, -0.2) is 10.4 Å². The van der Waals surface area contributed by atoms with Gasteiger partial charge in [0.25, 0.3) is 5.91 Å². The van der Waals surface area contributed by atoms with Crippen LogP contribution in [0, 0.1) is 6.92 Å². The molecular formula is C18H14ClN3O2S. The molecule has 0 radical (unpaired) electrons. The molecule has 2 aromatic carbocycles. The second kappa shape index (κ2) is 7.46. The summed E-state index contributed by atoms with van der Waals surface area (Å²) in [7, 11) is 0. The van der Waals surface area contributed by atoms with E-state index >= 15 is 0 Å². The highest BCUT2D eigenvalue weighted by Crippen LogP contribution is 2.28. The Morgan fingerprint density at radius 2 is 1.88 bits per heavy atom. The van der Waals surface area contributed by atoms with Gasteiger partial charge in [0.15, 0.2) is 0 Å². The Morgan fingerprint density at radius 1 is 1.20 bits per heavy atom. The number of aryl methyl sites for hydroxylation is 1. The van der Waals surface area contributed by atoms with E-state index in [0.717, 1.165) is 16.1 Å². The maximum Gasteiger partial charge on any atom is 0.283 e. The standard InChI is InChI=1S/C18H14ClN3O2S/c1-11-16(25-18(21-11)13-4-6-14(19)7-5-13)17(24)22-20-10-12-2-8-15(23)9-3-12/h2-10,23H,1H3,(H,22,24)/b20-10+. The summed E-state index contributed by atoms with van der Waals surface area (Å²) >= 11 is 7.19. The first-order chi connectivity index (χ1) is 12.0. The molecule has 3 aromatic rings. The SMILES string of the molecule is Cc1nc(-c2ccc(Cl)cc2)sc1C(=O)N/N=C/c1ccc(O)cc1. The lowest BCUT2D eigenvalue weighted by Crippen LogP contribution is -2.17. The molecule has 0 saturated heterocycles. The number of aromatic nitrogens is 1. The zero-order valence-corrected chi connectivity index (χ0v) is 14.8. The van der Waals surface area contributed by atoms with Gasteiger partial charge in [-0.3, -0.25) is 4.79 Å². The third-order valence-corrected chi connectivity index (χ3v) is 4.82. The first-order valence-corrected chi connectivity index (χ1v) is 8.58. The molecule has 0 fully saturated rings. The van der Waals surface area contributed by atoms with Crippen molar-refractivity contribution < 1.29 is 9.90 Å². The third kappa shape index (κ3) is 4.23. The predicted molar refractivity (Wildman–Crippen MR) is 100 cm³/mol. The van der Waals surface area contributed by atoms with Crippen molar-refractivity contribution in [1.82, 2.24) is 10.4 Å². The highest BCUT2D eigenvalue weighted by molar-refractivity contribution is 7.17. The lowest BCUT2D eigenvalue weighted by molar-refractivity contribution is 0.0958. The third-order valence-electron chi connectivity index (χ3n) is 3.37. The molecule has 0 bridgehead atoms. The van der Waals surface area contributed by atoms with Gasteiger partial charge in [0.2, 0.25) is 0 Å². The molecule has 7 heteroatoms. The Hall–Kier alpha value is -2.70. The highest BCUT2D eigenvalue weighted by atomic mass is 35.5. The number of phenols is 1. The van der Waals surface area contributed by atoms with Crippen LogP contribution in [0.25, 0.3) is 10.6 Å². The molecule has 1 heterocycles. The monoisotopic (exact) mass is 371 g/mol. The van der Waals surface area contributed by atoms with Crippen LogP contribution in [0.5, 0.6) is 5.75 Å². The van der Waals surface area contributed by atoms with Crippen LogP contribution in [-0.4, -0.2) is 22.2 Å². The number of thiazole rings is 1. The number of hydrogen-bond donors (Lipinski definition) is 2. The number of rotatable bonds is 4. The minimum Gasteiger partial charge on any atom is -0.508 e. The molecule has 1 amide bonds. The average Bonchev–Trinajstić information content (AvgIpc) is 2.99. The molecule has 2 N–H and O–H groups in total. The summed E-state index contributed by atoms with van der Waals surface area (Å²) in [6, 6.07) is 13.8. The van der Waals surface area contributed by atoms with Crippen molar-refractivity contribution in [2.45, 2.75) is 6.92 Å². The first-order valence-electron chi connectivity index (χ1n) is 7.39. The van der Waals surface area contributed by atoms with Gasteiger partial charge in [-0.15, -0.1) is 11.3 Å². The number of aromatic hydroxyl groups is 1. The molecule has 5 nitrogen and oxygen atoms in total. The van der Waals surface area contributed by atoms with Crippen molar-refractivity contribution in [3.8, 4) is 16.3 Å². The second-order valence-electron chi connectivity index (χ2n) is 5.23. The van der Waals surface area contributed by atoms with Gasteiger partial charge < -0.3 is 5.11 Å². The normalized spacial score (nSPS) is 11.0. The number of halogens is 1. The summed E-state index contributed by atoms with van der Waals surface area (Å²) in [5.74, 6) is -0.138. The fourth-order valence-electron chi connectivity index (χ4n) is 2.10. The summed E-state index contributed by atoms with van der Waals surface area (Å²) in [5.41, 5.74) is 4.81. The molecule has 0 unspecified atom stereocenters. The van der Waals surface area contributed by atoms with E-state index in [0.29, 0.717) is 15.6 Å². The van der Waals surface area contributed by atoms with E-state index in [1.807, 2.05) is 12.1 Å². The maximum atomic E-state index is 12.3. The molecule has 25 heavy (non-hydrogen) atoms. The van der Waals surface area contributed by atoms with Crippen molar-refractivity contribution in [1.29, 1.82) is 0 Å². The molecule has 0 saturated carbocycles. The van der Waals surface area contributed by atoms with Gasteiger partial charge in [0.05, 0.1) is 11.9 Å². The molecule has 0 atom stereocenters. The summed E-state index contributed by atoms with van der Waals surface area (Å²) in [5, 5.41) is 14.6. The van der Waals surface area contributed by atoms with E-state index in [1.54, 1.807) is 43.3 Å². The number of carbonyl (C=O) groups is 1. The number of carbonyl (C=O) groups excluding carboxylic acids is 1. The minimum atomic E-state index is -0.315. The zero-order valence-electron chi connectivity index (χ0n) is 13.2. The van der Waals surface area contributed by atoms with Crippen molar-refractivity contribution in [3.05, 3.63) is 69.7 Å². The lowest BCUT2D eigenvalue weighted by Gasteiger charge is -1.97. The van der Waals surface area contributed by atoms with Crippen LogP contribution in [-0.2, 0) is 0 Å². The number of nitrogens with zero attached hydrogens (tertiary/aromatic N) is 2. The molecule has 0 aliphatic rings. The fourth-order valence-corrected chi connectivity index (χ4v) is 3.19. The van der Waals surface area contributed by atoms with Gasteiger partial charge in [0, 0.05) is 10.6 Å². The maximum absolute atomic E-state index is 12.3. The molecule has 0 spiro atoms. The van der Waals surface area contributed by atoms with Crippen LogP contribution in [0.4, 0.5) is 0 Å². The van der Waals surface area contributed by atoms with Gasteiger partial charge >= 0.3 is 0 Å². The first kappa shape index (κ1) is 17.1. The summed E-state index contributed by atoms with van der Waals surface area (Å²) < 4.78 is 0. The number of amides is 1. The average molecular weight is 372 g/mol. The molecule has 126 valence electrons. The molecule has 0 aliphatic carbocycles. The van der Waals surface area contributed by atoms with Crippen LogP contribution >= 0.6 is 22.9 Å². The number of hydrazone groups is 1. The minimum absolute atomic E-state index is 0.177. The van der Waals surface area contributed by atoms with E-state index in [9.17, 15) is 9.90 Å². The number of hydrogen-bond acceptors (Lipinski definition) is 5. The Balaban J connectivity index is 1.72. The van der Waals surface area contributed by atoms with Crippen molar-refractivity contribution in [2.75, 3.05) is 0 Å². The predicted octanol–water partition coefficient (Wildman–Crippen LogP) is 4.24. The molecular weight excluding hydrogens is 358 g/mol. The Labute approximate surface area is 153 Å². The van der Waals surface area contributed by atoms with Crippen molar-refractivity contribution in [3.63, 3.8) is 0 Å². The molecule has 1 aromatic heterocycles. The number of phenolic OH excluding ortho intramolecular Hbond substituents is 1. The zero-order chi connectivity index (χ0) is 17.8. The summed E-state index contributed by atoms with van der Waals surface area (Å²) in [6.07, 6.45) is 1.51. The largest absolute Gasteiger partial charge is 0.508 e. The summed E-state index contributed by atoms with van der Waals surface area (Å²) in [6.45, 7) is 1.79. The second-order valence-corrected chi connectivity index (χ2v) is 6.67. The topological polar surface area (TPSA) is 74.6 Å². The highest BCUT2D eigenvalue weighted by Gasteiger charge is 2.15. The van der Waals surface area contributed by atoms with Crippen LogP contribution in [0.15, 0.2) is 53.6 Å².